The predicted octanol–water partition coefficient (Wildman–Crippen LogP) is 2.15. The molecule has 3 rings (SSSR count). The molecule has 17 heavy (non-hydrogen) atoms. The van der Waals surface area contributed by atoms with Crippen LogP contribution in [0.25, 0.3) is 5.52 Å². The van der Waals surface area contributed by atoms with Gasteiger partial charge in [-0.2, -0.15) is 5.10 Å². The molecule has 5 heteroatoms. The normalized spacial score (nSPS) is 13.1. The van der Waals surface area contributed by atoms with Gasteiger partial charge in [-0.3, -0.25) is 4.98 Å². The number of aromatic nitrogens is 3. The van der Waals surface area contributed by atoms with Crippen LogP contribution < -0.4 is 5.73 Å². The lowest BCUT2D eigenvalue weighted by Gasteiger charge is -2.09. The van der Waals surface area contributed by atoms with Crippen molar-refractivity contribution in [2.75, 3.05) is 0 Å². The summed E-state index contributed by atoms with van der Waals surface area (Å²) in [7, 11) is 0. The van der Waals surface area contributed by atoms with E-state index in [9.17, 15) is 0 Å². The fourth-order valence-corrected chi connectivity index (χ4v) is 2.88. The zero-order valence-corrected chi connectivity index (χ0v) is 10.2. The number of nitrogens with zero attached hydrogens (tertiary/aromatic N) is 3. The maximum atomic E-state index is 6.30. The third-order valence-corrected chi connectivity index (χ3v) is 3.98. The number of aryl methyl sites for hydroxylation is 1. The monoisotopic (exact) mass is 244 g/mol. The molecule has 0 saturated carbocycles. The van der Waals surface area contributed by atoms with Crippen molar-refractivity contribution in [3.05, 3.63) is 52.2 Å². The lowest BCUT2D eigenvalue weighted by atomic mass is 10.1. The third kappa shape index (κ3) is 1.64. The highest BCUT2D eigenvalue weighted by atomic mass is 32.1. The molecule has 0 radical (unpaired) electrons. The molecule has 3 aromatic rings. The molecule has 1 unspecified atom stereocenters. The second-order valence-electron chi connectivity index (χ2n) is 3.95. The van der Waals surface area contributed by atoms with Crippen LogP contribution in [0.4, 0.5) is 0 Å². The summed E-state index contributed by atoms with van der Waals surface area (Å²) in [6, 6.07) is 1.96. The van der Waals surface area contributed by atoms with Crippen molar-refractivity contribution in [2.45, 2.75) is 13.0 Å². The van der Waals surface area contributed by atoms with Crippen molar-refractivity contribution in [1.29, 1.82) is 0 Å². The van der Waals surface area contributed by atoms with E-state index in [2.05, 4.69) is 28.5 Å². The first-order chi connectivity index (χ1) is 8.27. The average molecular weight is 244 g/mol. The summed E-state index contributed by atoms with van der Waals surface area (Å²) >= 11 is 1.68. The number of hydrogen-bond acceptors (Lipinski definition) is 4. The Morgan fingerprint density at radius 3 is 3.06 bits per heavy atom. The Labute approximate surface area is 103 Å². The highest BCUT2D eigenvalue weighted by Crippen LogP contribution is 2.29. The SMILES string of the molecule is Cc1ccsc1C(N)c1cnn2ccncc12. The standard InChI is InChI=1S/C12H12N4S/c1-8-2-5-17-12(8)11(13)9-6-15-16-4-3-14-7-10(9)16/h2-7,11H,13H2,1H3. The number of thiophene rings is 1. The molecule has 0 aliphatic heterocycles. The Balaban J connectivity index is 2.13. The van der Waals surface area contributed by atoms with Gasteiger partial charge in [-0.05, 0) is 23.9 Å². The smallest absolute Gasteiger partial charge is 0.0896 e. The third-order valence-electron chi connectivity index (χ3n) is 2.87. The molecule has 0 amide bonds. The van der Waals surface area contributed by atoms with E-state index in [1.165, 1.54) is 10.4 Å². The van der Waals surface area contributed by atoms with E-state index < -0.39 is 0 Å². The van der Waals surface area contributed by atoms with Gasteiger partial charge < -0.3 is 5.73 Å². The van der Waals surface area contributed by atoms with Crippen molar-refractivity contribution in [1.82, 2.24) is 14.6 Å². The van der Waals surface area contributed by atoms with Crippen molar-refractivity contribution >= 4 is 16.9 Å². The largest absolute Gasteiger partial charge is 0.319 e. The quantitative estimate of drug-likeness (QED) is 0.751. The minimum Gasteiger partial charge on any atom is -0.319 e. The Hall–Kier alpha value is -1.72. The van der Waals surface area contributed by atoms with Crippen molar-refractivity contribution in [3.8, 4) is 0 Å². The van der Waals surface area contributed by atoms with Crippen LogP contribution in [0.15, 0.2) is 36.2 Å². The van der Waals surface area contributed by atoms with E-state index >= 15 is 0 Å². The summed E-state index contributed by atoms with van der Waals surface area (Å²) in [5, 5.41) is 6.34. The molecule has 2 N–H and O–H groups in total. The second kappa shape index (κ2) is 3.94. The fourth-order valence-electron chi connectivity index (χ4n) is 1.94. The molecule has 86 valence electrons. The second-order valence-corrected chi connectivity index (χ2v) is 4.90. The Bertz CT molecular complexity index is 655. The molecule has 0 aromatic carbocycles. The molecular formula is C12H12N4S. The number of fused-ring (bicyclic) bond motifs is 1. The Morgan fingerprint density at radius 2 is 2.29 bits per heavy atom. The van der Waals surface area contributed by atoms with Crippen LogP contribution in [0, 0.1) is 6.92 Å². The van der Waals surface area contributed by atoms with E-state index in [1.807, 2.05) is 12.4 Å². The van der Waals surface area contributed by atoms with E-state index in [0.29, 0.717) is 0 Å². The van der Waals surface area contributed by atoms with Gasteiger partial charge in [0.15, 0.2) is 0 Å². The molecule has 0 spiro atoms. The topological polar surface area (TPSA) is 56.2 Å². The van der Waals surface area contributed by atoms with Crippen LogP contribution in [0.2, 0.25) is 0 Å². The first-order valence-corrected chi connectivity index (χ1v) is 6.22. The van der Waals surface area contributed by atoms with E-state index in [0.717, 1.165) is 11.1 Å². The van der Waals surface area contributed by atoms with Gasteiger partial charge >= 0.3 is 0 Å². The molecule has 0 bridgehead atoms. The molecule has 0 saturated heterocycles. The Morgan fingerprint density at radius 1 is 1.41 bits per heavy atom. The van der Waals surface area contributed by atoms with Gasteiger partial charge in [0.25, 0.3) is 0 Å². The van der Waals surface area contributed by atoms with Gasteiger partial charge in [-0.25, -0.2) is 4.52 Å². The molecule has 0 fully saturated rings. The molecule has 0 aliphatic carbocycles. The highest BCUT2D eigenvalue weighted by Gasteiger charge is 2.17. The first-order valence-electron chi connectivity index (χ1n) is 5.34. The van der Waals surface area contributed by atoms with Gasteiger partial charge in [0, 0.05) is 22.8 Å². The zero-order valence-electron chi connectivity index (χ0n) is 9.37. The van der Waals surface area contributed by atoms with Gasteiger partial charge in [0.05, 0.1) is 24.0 Å². The number of nitrogens with two attached hydrogens (primary N) is 1. The molecule has 3 heterocycles. The average Bonchev–Trinajstić information content (AvgIpc) is 2.94. The maximum Gasteiger partial charge on any atom is 0.0896 e. The van der Waals surface area contributed by atoms with E-state index in [1.54, 1.807) is 28.2 Å². The maximum absolute atomic E-state index is 6.30. The molecule has 0 aliphatic rings. The fraction of sp³-hybridized carbons (Fsp3) is 0.167. The zero-order chi connectivity index (χ0) is 11.8. The summed E-state index contributed by atoms with van der Waals surface area (Å²) in [5.41, 5.74) is 9.51. The minimum absolute atomic E-state index is 0.128. The molecule has 1 atom stereocenters. The Kier molecular flexibility index (Phi) is 2.42. The predicted molar refractivity (Wildman–Crippen MR) is 68.1 cm³/mol. The van der Waals surface area contributed by atoms with E-state index in [-0.39, 0.29) is 6.04 Å². The van der Waals surface area contributed by atoms with Gasteiger partial charge in [-0.15, -0.1) is 11.3 Å². The van der Waals surface area contributed by atoms with E-state index in [4.69, 9.17) is 5.73 Å². The van der Waals surface area contributed by atoms with Crippen LogP contribution in [0.5, 0.6) is 0 Å². The van der Waals surface area contributed by atoms with Crippen LogP contribution in [0.1, 0.15) is 22.0 Å². The molecular weight excluding hydrogens is 232 g/mol. The first kappa shape index (κ1) is 10.4. The van der Waals surface area contributed by atoms with Crippen molar-refractivity contribution in [3.63, 3.8) is 0 Å². The van der Waals surface area contributed by atoms with Crippen LogP contribution in [-0.2, 0) is 0 Å². The molecule has 4 nitrogen and oxygen atoms in total. The van der Waals surface area contributed by atoms with Crippen LogP contribution in [0.3, 0.4) is 0 Å². The number of hydrogen-bond donors (Lipinski definition) is 1. The van der Waals surface area contributed by atoms with Gasteiger partial charge in [0.2, 0.25) is 0 Å². The summed E-state index contributed by atoms with van der Waals surface area (Å²) in [5.74, 6) is 0. The minimum atomic E-state index is -0.128. The van der Waals surface area contributed by atoms with Crippen LogP contribution in [-0.4, -0.2) is 14.6 Å². The van der Waals surface area contributed by atoms with Gasteiger partial charge in [0.1, 0.15) is 0 Å². The lowest BCUT2D eigenvalue weighted by Crippen LogP contribution is -2.11. The summed E-state index contributed by atoms with van der Waals surface area (Å²) in [6.07, 6.45) is 7.16. The highest BCUT2D eigenvalue weighted by molar-refractivity contribution is 7.10. The summed E-state index contributed by atoms with van der Waals surface area (Å²) in [6.45, 7) is 2.08. The van der Waals surface area contributed by atoms with Crippen LogP contribution >= 0.6 is 11.3 Å². The van der Waals surface area contributed by atoms with Crippen molar-refractivity contribution in [2.24, 2.45) is 5.73 Å². The summed E-state index contributed by atoms with van der Waals surface area (Å²) < 4.78 is 1.80. The van der Waals surface area contributed by atoms with Gasteiger partial charge in [-0.1, -0.05) is 0 Å². The van der Waals surface area contributed by atoms with Crippen molar-refractivity contribution < 1.29 is 0 Å². The molecule has 3 aromatic heterocycles. The number of rotatable bonds is 2. The summed E-state index contributed by atoms with van der Waals surface area (Å²) in [4.78, 5) is 5.30. The lowest BCUT2D eigenvalue weighted by molar-refractivity contribution is 0.893.